The van der Waals surface area contributed by atoms with Crippen molar-refractivity contribution in [3.05, 3.63) is 58.7 Å². The topological polar surface area (TPSA) is 134 Å². The molecule has 0 spiro atoms. The van der Waals surface area contributed by atoms with E-state index in [9.17, 15) is 24.6 Å². The summed E-state index contributed by atoms with van der Waals surface area (Å²) in [5, 5.41) is 27.0. The van der Waals surface area contributed by atoms with Gasteiger partial charge in [0, 0.05) is 0 Å². The van der Waals surface area contributed by atoms with Crippen LogP contribution < -0.4 is 0 Å². The molecule has 0 unspecified atom stereocenters. The summed E-state index contributed by atoms with van der Waals surface area (Å²) in [5.41, 5.74) is 1.61. The summed E-state index contributed by atoms with van der Waals surface area (Å²) in [6.45, 7) is 0. The Morgan fingerprint density at radius 3 is 1.93 bits per heavy atom. The van der Waals surface area contributed by atoms with Gasteiger partial charge in [0.25, 0.3) is 0 Å². The van der Waals surface area contributed by atoms with Crippen LogP contribution in [0.2, 0.25) is 0 Å². The highest BCUT2D eigenvalue weighted by molar-refractivity contribution is 5.80. The second kappa shape index (κ2) is 11.0. The molecule has 2 rings (SSSR count). The van der Waals surface area contributed by atoms with Crippen LogP contribution in [-0.4, -0.2) is 42.7 Å². The molecule has 0 radical (unpaired) electrons. The lowest BCUT2D eigenvalue weighted by molar-refractivity contribution is -0.140. The van der Waals surface area contributed by atoms with Gasteiger partial charge in [0.2, 0.25) is 0 Å². The van der Waals surface area contributed by atoms with E-state index >= 15 is 0 Å². The number of ether oxygens (including phenoxy) is 2. The van der Waals surface area contributed by atoms with Crippen molar-refractivity contribution in [1.82, 2.24) is 0 Å². The van der Waals surface area contributed by atoms with E-state index in [1.54, 1.807) is 12.1 Å². The van der Waals surface area contributed by atoms with Crippen LogP contribution in [0.4, 0.5) is 0 Å². The van der Waals surface area contributed by atoms with Gasteiger partial charge in [-0.2, -0.15) is 5.26 Å². The smallest absolute Gasteiger partial charge is 0.309 e. The number of hydrogen-bond donors (Lipinski definition) is 2. The lowest BCUT2D eigenvalue weighted by Gasteiger charge is -2.02. The van der Waals surface area contributed by atoms with Crippen LogP contribution in [0.15, 0.2) is 36.4 Å². The zero-order valence-electron chi connectivity index (χ0n) is 15.3. The third-order valence-corrected chi connectivity index (χ3v) is 3.55. The number of aromatic hydroxyl groups is 2. The van der Waals surface area contributed by atoms with Crippen LogP contribution in [0.1, 0.15) is 27.0 Å². The van der Waals surface area contributed by atoms with E-state index in [0.29, 0.717) is 17.4 Å². The summed E-state index contributed by atoms with van der Waals surface area (Å²) in [7, 11) is 2.59. The van der Waals surface area contributed by atoms with Gasteiger partial charge in [0.15, 0.2) is 6.29 Å². The fourth-order valence-corrected chi connectivity index (χ4v) is 2.07. The average Bonchev–Trinajstić information content (AvgIpc) is 2.71. The Morgan fingerprint density at radius 2 is 1.46 bits per heavy atom. The molecular weight excluding hydrogens is 366 g/mol. The van der Waals surface area contributed by atoms with Crippen molar-refractivity contribution in [2.24, 2.45) is 0 Å². The summed E-state index contributed by atoms with van der Waals surface area (Å²) in [5.74, 6) is -0.929. The molecule has 0 bridgehead atoms. The largest absolute Gasteiger partial charge is 0.507 e. The van der Waals surface area contributed by atoms with E-state index in [0.717, 1.165) is 0 Å². The molecule has 0 saturated carbocycles. The maximum atomic E-state index is 10.9. The van der Waals surface area contributed by atoms with E-state index in [2.05, 4.69) is 9.47 Å². The summed E-state index contributed by atoms with van der Waals surface area (Å²) in [6, 6.07) is 10.7. The van der Waals surface area contributed by atoms with Crippen LogP contribution in [0.3, 0.4) is 0 Å². The van der Waals surface area contributed by atoms with Crippen LogP contribution in [0, 0.1) is 11.3 Å². The van der Waals surface area contributed by atoms with Crippen molar-refractivity contribution in [3.63, 3.8) is 0 Å². The minimum atomic E-state index is -0.382. The molecule has 2 aromatic carbocycles. The molecule has 146 valence electrons. The Balaban J connectivity index is 0.000000280. The summed E-state index contributed by atoms with van der Waals surface area (Å²) in [6.07, 6.45) is 0.735. The molecule has 0 aromatic heterocycles. The first-order chi connectivity index (χ1) is 13.3. The molecule has 0 amide bonds. The minimum Gasteiger partial charge on any atom is -0.507 e. The number of nitriles is 1. The van der Waals surface area contributed by atoms with Crippen LogP contribution >= 0.6 is 0 Å². The third kappa shape index (κ3) is 6.80. The molecule has 2 N–H and O–H groups in total. The molecule has 0 aliphatic rings. The predicted molar refractivity (Wildman–Crippen MR) is 97.8 cm³/mol. The van der Waals surface area contributed by atoms with E-state index in [1.165, 1.54) is 38.5 Å². The lowest BCUT2D eigenvalue weighted by atomic mass is 10.1. The summed E-state index contributed by atoms with van der Waals surface area (Å²) in [4.78, 5) is 32.2. The zero-order chi connectivity index (χ0) is 21.1. The monoisotopic (exact) mass is 385 g/mol. The first kappa shape index (κ1) is 22.2. The summed E-state index contributed by atoms with van der Waals surface area (Å²) < 4.78 is 8.94. The number of esters is 2. The maximum Gasteiger partial charge on any atom is 0.309 e. The van der Waals surface area contributed by atoms with Gasteiger partial charge in [0.1, 0.15) is 17.6 Å². The van der Waals surface area contributed by atoms with Crippen molar-refractivity contribution in [3.8, 4) is 17.6 Å². The van der Waals surface area contributed by atoms with Crippen molar-refractivity contribution < 1.29 is 34.1 Å². The van der Waals surface area contributed by atoms with Gasteiger partial charge in [-0.25, -0.2) is 0 Å². The number of carbonyl (C=O) groups is 3. The van der Waals surface area contributed by atoms with Gasteiger partial charge < -0.3 is 19.7 Å². The highest BCUT2D eigenvalue weighted by Crippen LogP contribution is 2.18. The number of benzene rings is 2. The van der Waals surface area contributed by atoms with Gasteiger partial charge in [0.05, 0.1) is 38.2 Å². The fraction of sp³-hybridized carbons (Fsp3) is 0.200. The maximum absolute atomic E-state index is 10.9. The van der Waals surface area contributed by atoms with E-state index in [-0.39, 0.29) is 47.4 Å². The molecule has 2 aromatic rings. The number of nitrogens with zero attached hydrogens (tertiary/aromatic N) is 1. The van der Waals surface area contributed by atoms with E-state index in [1.807, 2.05) is 6.07 Å². The lowest BCUT2D eigenvalue weighted by Crippen LogP contribution is -2.04. The van der Waals surface area contributed by atoms with Gasteiger partial charge in [-0.3, -0.25) is 14.4 Å². The molecule has 0 heterocycles. The first-order valence-corrected chi connectivity index (χ1v) is 7.97. The molecule has 0 atom stereocenters. The second-order valence-corrected chi connectivity index (χ2v) is 5.48. The highest BCUT2D eigenvalue weighted by atomic mass is 16.5. The fourth-order valence-electron chi connectivity index (χ4n) is 2.07. The average molecular weight is 385 g/mol. The Hall–Kier alpha value is -3.86. The molecular formula is C20H19NO7. The number of aldehydes is 1. The van der Waals surface area contributed by atoms with Gasteiger partial charge in [-0.05, 0) is 35.4 Å². The van der Waals surface area contributed by atoms with Crippen molar-refractivity contribution in [2.75, 3.05) is 14.2 Å². The normalized spacial score (nSPS) is 9.32. The molecule has 0 aliphatic carbocycles. The number of hydrogen-bond acceptors (Lipinski definition) is 8. The number of rotatable bonds is 5. The Kier molecular flexibility index (Phi) is 8.70. The first-order valence-electron chi connectivity index (χ1n) is 7.97. The molecule has 28 heavy (non-hydrogen) atoms. The molecule has 8 nitrogen and oxygen atoms in total. The van der Waals surface area contributed by atoms with E-state index < -0.39 is 0 Å². The highest BCUT2D eigenvalue weighted by Gasteiger charge is 2.07. The number of carbonyl (C=O) groups excluding carboxylic acids is 3. The van der Waals surface area contributed by atoms with Gasteiger partial charge >= 0.3 is 11.9 Å². The van der Waals surface area contributed by atoms with Crippen molar-refractivity contribution in [1.29, 1.82) is 5.26 Å². The predicted octanol–water partition coefficient (Wildman–Crippen LogP) is 1.90. The van der Waals surface area contributed by atoms with E-state index in [4.69, 9.17) is 5.26 Å². The Labute approximate surface area is 161 Å². The van der Waals surface area contributed by atoms with Crippen molar-refractivity contribution in [2.45, 2.75) is 12.8 Å². The number of phenols is 2. The Bertz CT molecular complexity index is 900. The van der Waals surface area contributed by atoms with Crippen LogP contribution in [0.5, 0.6) is 11.5 Å². The standard InChI is InChI=1S/C10H9NO3.C10H10O4/c2*1-14-10(13)5-7-2-3-9(12)8(4-7)6-11/h2-4,12H,5H2,1H3;2-4,6,12H,5H2,1H3. The zero-order valence-corrected chi connectivity index (χ0v) is 15.3. The van der Waals surface area contributed by atoms with Gasteiger partial charge in [-0.15, -0.1) is 0 Å². The SMILES string of the molecule is COC(=O)Cc1ccc(O)c(C#N)c1.COC(=O)Cc1ccc(O)c(C=O)c1. The number of methoxy groups -OCH3 is 2. The summed E-state index contributed by atoms with van der Waals surface area (Å²) >= 11 is 0. The quantitative estimate of drug-likeness (QED) is 0.589. The molecule has 8 heteroatoms. The Morgan fingerprint density at radius 1 is 0.964 bits per heavy atom. The minimum absolute atomic E-state index is 0.0823. The van der Waals surface area contributed by atoms with Crippen LogP contribution in [-0.2, 0) is 31.9 Å². The molecule has 0 fully saturated rings. The van der Waals surface area contributed by atoms with Crippen molar-refractivity contribution >= 4 is 18.2 Å². The van der Waals surface area contributed by atoms with Gasteiger partial charge in [-0.1, -0.05) is 12.1 Å². The molecule has 0 aliphatic heterocycles. The molecule has 0 saturated heterocycles. The van der Waals surface area contributed by atoms with Crippen LogP contribution in [0.25, 0.3) is 0 Å². The third-order valence-electron chi connectivity index (χ3n) is 3.55. The number of phenolic OH excluding ortho intramolecular Hbond substituents is 2. The second-order valence-electron chi connectivity index (χ2n) is 5.48.